The number of rotatable bonds is 9. The number of carbonyl (C=O) groups excluding carboxylic acids is 1. The van der Waals surface area contributed by atoms with Gasteiger partial charge in [-0.25, -0.2) is 0 Å². The van der Waals surface area contributed by atoms with Gasteiger partial charge in [-0.1, -0.05) is 84.9 Å². The predicted molar refractivity (Wildman–Crippen MR) is 133 cm³/mol. The minimum Gasteiger partial charge on any atom is -0.485 e. The van der Waals surface area contributed by atoms with Gasteiger partial charge >= 0.3 is 6.18 Å². The van der Waals surface area contributed by atoms with E-state index in [1.54, 1.807) is 24.3 Å². The molecule has 182 valence electrons. The van der Waals surface area contributed by atoms with Crippen LogP contribution < -0.4 is 9.47 Å². The number of allylic oxidation sites excluding steroid dienone is 1. The molecule has 6 heteroatoms. The summed E-state index contributed by atoms with van der Waals surface area (Å²) in [5, 5.41) is 0. The lowest BCUT2D eigenvalue weighted by atomic mass is 10.1. The number of hydrogen-bond donors (Lipinski definition) is 0. The third kappa shape index (κ3) is 6.85. The Morgan fingerprint density at radius 3 is 1.92 bits per heavy atom. The van der Waals surface area contributed by atoms with Gasteiger partial charge in [0.2, 0.25) is 0 Å². The molecule has 0 aromatic heterocycles. The van der Waals surface area contributed by atoms with Crippen LogP contribution >= 0.6 is 0 Å². The van der Waals surface area contributed by atoms with Crippen molar-refractivity contribution in [3.63, 3.8) is 0 Å². The minimum absolute atomic E-state index is 0.0376. The third-order valence-corrected chi connectivity index (χ3v) is 5.34. The van der Waals surface area contributed by atoms with E-state index in [2.05, 4.69) is 0 Å². The summed E-state index contributed by atoms with van der Waals surface area (Å²) >= 11 is 0. The maximum absolute atomic E-state index is 13.0. The monoisotopic (exact) mass is 488 g/mol. The SMILES string of the molecule is O=C(C=Cc1ccc(OCc2ccccc2)c(OCc2ccccc2)c1)c1cccc(C(F)(F)F)c1. The molecule has 0 amide bonds. The van der Waals surface area contributed by atoms with E-state index >= 15 is 0 Å². The molecule has 0 atom stereocenters. The van der Waals surface area contributed by atoms with Crippen LogP contribution in [0, 0.1) is 0 Å². The van der Waals surface area contributed by atoms with Crippen LogP contribution in [0.3, 0.4) is 0 Å². The number of benzene rings is 4. The predicted octanol–water partition coefficient (Wildman–Crippen LogP) is 7.76. The lowest BCUT2D eigenvalue weighted by Gasteiger charge is -2.14. The number of carbonyl (C=O) groups is 1. The molecular formula is C30H23F3O3. The van der Waals surface area contributed by atoms with Gasteiger partial charge < -0.3 is 9.47 Å². The summed E-state index contributed by atoms with van der Waals surface area (Å²) in [6.45, 7) is 0.671. The van der Waals surface area contributed by atoms with E-state index in [1.807, 2.05) is 60.7 Å². The summed E-state index contributed by atoms with van der Waals surface area (Å²) in [4.78, 5) is 12.5. The van der Waals surface area contributed by atoms with Crippen molar-refractivity contribution in [3.8, 4) is 11.5 Å². The zero-order chi connectivity index (χ0) is 25.4. The second-order valence-electron chi connectivity index (χ2n) is 8.03. The molecule has 4 rings (SSSR count). The third-order valence-electron chi connectivity index (χ3n) is 5.34. The van der Waals surface area contributed by atoms with E-state index in [9.17, 15) is 18.0 Å². The number of ketones is 1. The molecule has 36 heavy (non-hydrogen) atoms. The maximum Gasteiger partial charge on any atom is 0.416 e. The van der Waals surface area contributed by atoms with E-state index in [4.69, 9.17) is 9.47 Å². The zero-order valence-corrected chi connectivity index (χ0v) is 19.2. The van der Waals surface area contributed by atoms with Gasteiger partial charge in [0.1, 0.15) is 13.2 Å². The first-order chi connectivity index (χ1) is 17.4. The maximum atomic E-state index is 13.0. The Bertz CT molecular complexity index is 1330. The molecule has 0 saturated heterocycles. The first-order valence-electron chi connectivity index (χ1n) is 11.3. The van der Waals surface area contributed by atoms with Crippen LogP contribution in [0.25, 0.3) is 6.08 Å². The highest BCUT2D eigenvalue weighted by Crippen LogP contribution is 2.31. The lowest BCUT2D eigenvalue weighted by Crippen LogP contribution is -2.06. The minimum atomic E-state index is -4.51. The van der Waals surface area contributed by atoms with Gasteiger partial charge in [-0.15, -0.1) is 0 Å². The van der Waals surface area contributed by atoms with Crippen molar-refractivity contribution >= 4 is 11.9 Å². The average molecular weight is 489 g/mol. The van der Waals surface area contributed by atoms with Crippen LogP contribution in [-0.4, -0.2) is 5.78 Å². The van der Waals surface area contributed by atoms with Crippen molar-refractivity contribution < 1.29 is 27.4 Å². The van der Waals surface area contributed by atoms with Crippen molar-refractivity contribution in [2.45, 2.75) is 19.4 Å². The summed E-state index contributed by atoms with van der Waals surface area (Å²) in [6, 6.07) is 29.0. The molecule has 0 fully saturated rings. The second kappa shape index (κ2) is 11.4. The number of alkyl halides is 3. The summed E-state index contributed by atoms with van der Waals surface area (Å²) in [5.41, 5.74) is 1.72. The Balaban J connectivity index is 1.53. The van der Waals surface area contributed by atoms with Crippen LogP contribution in [0.2, 0.25) is 0 Å². The van der Waals surface area contributed by atoms with Gasteiger partial charge in [0, 0.05) is 5.56 Å². The molecule has 4 aromatic rings. The molecule has 0 heterocycles. The number of ether oxygens (including phenoxy) is 2. The second-order valence-corrected chi connectivity index (χ2v) is 8.03. The summed E-state index contributed by atoms with van der Waals surface area (Å²) < 4.78 is 50.9. The molecule has 0 radical (unpaired) electrons. The Kier molecular flexibility index (Phi) is 7.85. The van der Waals surface area contributed by atoms with E-state index in [1.165, 1.54) is 18.2 Å². The Morgan fingerprint density at radius 1 is 0.694 bits per heavy atom. The quantitative estimate of drug-likeness (QED) is 0.178. The molecule has 0 bridgehead atoms. The van der Waals surface area contributed by atoms with Crippen molar-refractivity contribution in [2.24, 2.45) is 0 Å². The van der Waals surface area contributed by atoms with Crippen molar-refractivity contribution in [1.82, 2.24) is 0 Å². The molecule has 0 aliphatic rings. The molecular weight excluding hydrogens is 465 g/mol. The largest absolute Gasteiger partial charge is 0.485 e. The molecule has 4 aromatic carbocycles. The van der Waals surface area contributed by atoms with E-state index in [0.29, 0.717) is 30.3 Å². The number of hydrogen-bond acceptors (Lipinski definition) is 3. The standard InChI is InChI=1S/C30H23F3O3/c31-30(32,33)26-13-7-12-25(19-26)27(34)16-14-22-15-17-28(35-20-23-8-3-1-4-9-23)29(18-22)36-21-24-10-5-2-6-11-24/h1-19H,20-21H2. The zero-order valence-electron chi connectivity index (χ0n) is 19.2. The van der Waals surface area contributed by atoms with Crippen LogP contribution in [0.15, 0.2) is 109 Å². The lowest BCUT2D eigenvalue weighted by molar-refractivity contribution is -0.137. The van der Waals surface area contributed by atoms with Crippen LogP contribution in [0.4, 0.5) is 13.2 Å². The molecule has 0 unspecified atom stereocenters. The van der Waals surface area contributed by atoms with Crippen molar-refractivity contribution in [3.05, 3.63) is 137 Å². The normalized spacial score (nSPS) is 11.4. The molecule has 0 aliphatic carbocycles. The molecule has 0 spiro atoms. The molecule has 0 aliphatic heterocycles. The summed E-state index contributed by atoms with van der Waals surface area (Å²) in [7, 11) is 0. The Hall–Kier alpha value is -4.32. The number of halogens is 3. The topological polar surface area (TPSA) is 35.5 Å². The van der Waals surface area contributed by atoms with E-state index in [-0.39, 0.29) is 5.56 Å². The highest BCUT2D eigenvalue weighted by Gasteiger charge is 2.30. The smallest absolute Gasteiger partial charge is 0.416 e. The van der Waals surface area contributed by atoms with Gasteiger partial charge in [0.05, 0.1) is 5.56 Å². The fraction of sp³-hybridized carbons (Fsp3) is 0.100. The molecule has 0 N–H and O–H groups in total. The van der Waals surface area contributed by atoms with Crippen molar-refractivity contribution in [1.29, 1.82) is 0 Å². The fourth-order valence-electron chi connectivity index (χ4n) is 3.45. The average Bonchev–Trinajstić information content (AvgIpc) is 2.90. The van der Waals surface area contributed by atoms with Gasteiger partial charge in [-0.3, -0.25) is 4.79 Å². The fourth-order valence-corrected chi connectivity index (χ4v) is 3.45. The van der Waals surface area contributed by atoms with Crippen LogP contribution in [-0.2, 0) is 19.4 Å². The van der Waals surface area contributed by atoms with Gasteiger partial charge in [0.15, 0.2) is 17.3 Å². The van der Waals surface area contributed by atoms with E-state index < -0.39 is 17.5 Å². The van der Waals surface area contributed by atoms with Gasteiger partial charge in [-0.2, -0.15) is 13.2 Å². The highest BCUT2D eigenvalue weighted by atomic mass is 19.4. The Morgan fingerprint density at radius 2 is 1.31 bits per heavy atom. The highest BCUT2D eigenvalue weighted by molar-refractivity contribution is 6.06. The first kappa shape index (κ1) is 24.8. The Labute approximate surface area is 207 Å². The summed E-state index contributed by atoms with van der Waals surface area (Å²) in [5.74, 6) is 0.497. The first-order valence-corrected chi connectivity index (χ1v) is 11.3. The van der Waals surface area contributed by atoms with Crippen LogP contribution in [0.5, 0.6) is 11.5 Å². The summed E-state index contributed by atoms with van der Waals surface area (Å²) in [6.07, 6.45) is -1.73. The van der Waals surface area contributed by atoms with Gasteiger partial charge in [0.25, 0.3) is 0 Å². The van der Waals surface area contributed by atoms with Crippen molar-refractivity contribution in [2.75, 3.05) is 0 Å². The molecule has 3 nitrogen and oxygen atoms in total. The molecule has 0 saturated carbocycles. The van der Waals surface area contributed by atoms with E-state index in [0.717, 1.165) is 23.3 Å². The van der Waals surface area contributed by atoms with Crippen LogP contribution in [0.1, 0.15) is 32.6 Å². The van der Waals surface area contributed by atoms with Gasteiger partial charge in [-0.05, 0) is 47.0 Å².